The van der Waals surface area contributed by atoms with Crippen molar-refractivity contribution in [2.45, 2.75) is 11.8 Å². The zero-order valence-electron chi connectivity index (χ0n) is 18.8. The van der Waals surface area contributed by atoms with Gasteiger partial charge >= 0.3 is 5.97 Å². The lowest BCUT2D eigenvalue weighted by atomic mass is 10.1. The molecule has 0 fully saturated rings. The van der Waals surface area contributed by atoms with Gasteiger partial charge in [0.15, 0.2) is 19.0 Å². The van der Waals surface area contributed by atoms with Gasteiger partial charge in [0.05, 0.1) is 21.8 Å². The van der Waals surface area contributed by atoms with E-state index in [9.17, 15) is 22.8 Å². The summed E-state index contributed by atoms with van der Waals surface area (Å²) in [6.07, 6.45) is 0. The summed E-state index contributed by atoms with van der Waals surface area (Å²) in [4.78, 5) is 36.4. The van der Waals surface area contributed by atoms with Crippen molar-refractivity contribution >= 4 is 39.1 Å². The molecular formula is C25H22N2O7S. The van der Waals surface area contributed by atoms with Crippen molar-refractivity contribution in [2.24, 2.45) is 0 Å². The van der Waals surface area contributed by atoms with Crippen LogP contribution >= 0.6 is 0 Å². The topological polar surface area (TPSA) is 119 Å². The predicted octanol–water partition coefficient (Wildman–Crippen LogP) is 3.27. The molecule has 0 atom stereocenters. The van der Waals surface area contributed by atoms with E-state index in [1.807, 2.05) is 0 Å². The standard InChI is InChI=1S/C25H22N2O7S/c1-2-27(19-6-4-3-5-7-19)35(31,32)20-11-8-17(9-12-20)25(30)34-15-22(28)18-10-13-23-21(14-18)26-24(29)16-33-23/h3-14H,2,15-16H2,1H3,(H,26,29). The summed E-state index contributed by atoms with van der Waals surface area (Å²) in [5.41, 5.74) is 1.24. The Morgan fingerprint density at radius 1 is 1.00 bits per heavy atom. The molecule has 0 saturated carbocycles. The van der Waals surface area contributed by atoms with Crippen molar-refractivity contribution in [3.05, 3.63) is 83.9 Å². The smallest absolute Gasteiger partial charge is 0.338 e. The highest BCUT2D eigenvalue weighted by Crippen LogP contribution is 2.28. The van der Waals surface area contributed by atoms with Crippen molar-refractivity contribution in [3.63, 3.8) is 0 Å². The number of benzene rings is 3. The van der Waals surface area contributed by atoms with Crippen LogP contribution in [-0.4, -0.2) is 45.8 Å². The molecule has 0 aromatic heterocycles. The van der Waals surface area contributed by atoms with Gasteiger partial charge in [0.2, 0.25) is 0 Å². The highest BCUT2D eigenvalue weighted by atomic mass is 32.2. The number of carbonyl (C=O) groups excluding carboxylic acids is 3. The third kappa shape index (κ3) is 5.17. The van der Waals surface area contributed by atoms with Crippen LogP contribution in [-0.2, 0) is 19.6 Å². The number of hydrogen-bond acceptors (Lipinski definition) is 7. The summed E-state index contributed by atoms with van der Waals surface area (Å²) in [6, 6.07) is 18.5. The molecule has 0 unspecified atom stereocenters. The van der Waals surface area contributed by atoms with Crippen LogP contribution < -0.4 is 14.4 Å². The number of nitrogens with zero attached hydrogens (tertiary/aromatic N) is 1. The first-order valence-electron chi connectivity index (χ1n) is 10.7. The molecule has 9 nitrogen and oxygen atoms in total. The molecule has 180 valence electrons. The quantitative estimate of drug-likeness (QED) is 0.377. The van der Waals surface area contributed by atoms with Crippen LogP contribution in [0.25, 0.3) is 0 Å². The average Bonchev–Trinajstić information content (AvgIpc) is 2.87. The molecule has 4 rings (SSSR count). The number of para-hydroxylation sites is 1. The normalized spacial score (nSPS) is 12.7. The van der Waals surface area contributed by atoms with Crippen LogP contribution in [0.2, 0.25) is 0 Å². The number of Topliss-reactive ketones (excluding diaryl/α,β-unsaturated/α-hetero) is 1. The lowest BCUT2D eigenvalue weighted by Gasteiger charge is -2.22. The molecule has 0 aliphatic carbocycles. The summed E-state index contributed by atoms with van der Waals surface area (Å²) in [5.74, 6) is -1.12. The van der Waals surface area contributed by atoms with Gasteiger partial charge in [0.1, 0.15) is 5.75 Å². The van der Waals surface area contributed by atoms with Crippen LogP contribution in [0, 0.1) is 0 Å². The summed E-state index contributed by atoms with van der Waals surface area (Å²) >= 11 is 0. The molecule has 3 aromatic carbocycles. The number of amides is 1. The Labute approximate surface area is 202 Å². The van der Waals surface area contributed by atoms with E-state index in [-0.39, 0.29) is 35.1 Å². The number of fused-ring (bicyclic) bond motifs is 1. The van der Waals surface area contributed by atoms with Gasteiger partial charge < -0.3 is 14.8 Å². The number of nitrogens with one attached hydrogen (secondary N) is 1. The molecule has 0 bridgehead atoms. The number of ether oxygens (including phenoxy) is 2. The Morgan fingerprint density at radius 2 is 1.69 bits per heavy atom. The molecule has 1 aliphatic rings. The van der Waals surface area contributed by atoms with Gasteiger partial charge in [-0.1, -0.05) is 18.2 Å². The van der Waals surface area contributed by atoms with Crippen molar-refractivity contribution < 1.29 is 32.3 Å². The Hall–Kier alpha value is -4.18. The molecule has 1 N–H and O–H groups in total. The third-order valence-corrected chi connectivity index (χ3v) is 7.20. The monoisotopic (exact) mass is 494 g/mol. The highest BCUT2D eigenvalue weighted by Gasteiger charge is 2.24. The first-order valence-corrected chi connectivity index (χ1v) is 12.2. The van der Waals surface area contributed by atoms with E-state index in [1.54, 1.807) is 43.3 Å². The molecule has 1 aliphatic heterocycles. The molecule has 1 heterocycles. The fourth-order valence-corrected chi connectivity index (χ4v) is 5.00. The van der Waals surface area contributed by atoms with Crippen molar-refractivity contribution in [3.8, 4) is 5.75 Å². The van der Waals surface area contributed by atoms with Gasteiger partial charge in [-0.05, 0) is 61.5 Å². The number of sulfonamides is 1. The van der Waals surface area contributed by atoms with Crippen molar-refractivity contribution in [1.82, 2.24) is 0 Å². The second-order valence-electron chi connectivity index (χ2n) is 7.58. The molecule has 0 spiro atoms. The van der Waals surface area contributed by atoms with Crippen LogP contribution in [0.4, 0.5) is 11.4 Å². The number of hydrogen-bond donors (Lipinski definition) is 1. The molecule has 1 amide bonds. The minimum atomic E-state index is -3.83. The van der Waals surface area contributed by atoms with Gasteiger partial charge in [-0.3, -0.25) is 13.9 Å². The minimum absolute atomic E-state index is 0.0224. The third-order valence-electron chi connectivity index (χ3n) is 5.28. The van der Waals surface area contributed by atoms with Crippen molar-refractivity contribution in [2.75, 3.05) is 29.4 Å². The van der Waals surface area contributed by atoms with Gasteiger partial charge in [0.25, 0.3) is 15.9 Å². The summed E-state index contributed by atoms with van der Waals surface area (Å²) in [7, 11) is -3.83. The van der Waals surface area contributed by atoms with E-state index in [0.717, 1.165) is 0 Å². The Bertz CT molecular complexity index is 1370. The van der Waals surface area contributed by atoms with Gasteiger partial charge in [0, 0.05) is 12.1 Å². The maximum Gasteiger partial charge on any atom is 0.338 e. The maximum absolute atomic E-state index is 13.1. The molecule has 35 heavy (non-hydrogen) atoms. The molecule has 10 heteroatoms. The Balaban J connectivity index is 1.41. The van der Waals surface area contributed by atoms with E-state index in [2.05, 4.69) is 5.32 Å². The second kappa shape index (κ2) is 9.98. The number of anilines is 2. The number of ketones is 1. The average molecular weight is 495 g/mol. The predicted molar refractivity (Wildman–Crippen MR) is 128 cm³/mol. The molecule has 0 radical (unpaired) electrons. The Morgan fingerprint density at radius 3 is 2.37 bits per heavy atom. The fourth-order valence-electron chi connectivity index (χ4n) is 3.53. The lowest BCUT2D eigenvalue weighted by molar-refractivity contribution is -0.118. The van der Waals surface area contributed by atoms with Gasteiger partial charge in [-0.25, -0.2) is 13.2 Å². The van der Waals surface area contributed by atoms with Crippen molar-refractivity contribution in [1.29, 1.82) is 0 Å². The van der Waals surface area contributed by atoms with E-state index in [0.29, 0.717) is 17.1 Å². The van der Waals surface area contributed by atoms with Crippen LogP contribution in [0.5, 0.6) is 5.75 Å². The fraction of sp³-hybridized carbons (Fsp3) is 0.160. The maximum atomic E-state index is 13.1. The first kappa shape index (κ1) is 24.0. The largest absolute Gasteiger partial charge is 0.482 e. The van der Waals surface area contributed by atoms with E-state index >= 15 is 0 Å². The molecule has 0 saturated heterocycles. The summed E-state index contributed by atoms with van der Waals surface area (Å²) < 4.78 is 37.8. The summed E-state index contributed by atoms with van der Waals surface area (Å²) in [6.45, 7) is 1.35. The minimum Gasteiger partial charge on any atom is -0.482 e. The number of carbonyl (C=O) groups is 3. The number of esters is 1. The van der Waals surface area contributed by atoms with E-state index < -0.39 is 28.4 Å². The van der Waals surface area contributed by atoms with E-state index in [4.69, 9.17) is 9.47 Å². The van der Waals surface area contributed by atoms with Gasteiger partial charge in [-0.15, -0.1) is 0 Å². The Kier molecular flexibility index (Phi) is 6.83. The zero-order valence-corrected chi connectivity index (χ0v) is 19.6. The van der Waals surface area contributed by atoms with Crippen LogP contribution in [0.3, 0.4) is 0 Å². The molecular weight excluding hydrogens is 472 g/mol. The number of rotatable bonds is 8. The second-order valence-corrected chi connectivity index (χ2v) is 9.44. The zero-order chi connectivity index (χ0) is 25.0. The molecule has 3 aromatic rings. The van der Waals surface area contributed by atoms with Crippen LogP contribution in [0.1, 0.15) is 27.6 Å². The highest BCUT2D eigenvalue weighted by molar-refractivity contribution is 7.92. The van der Waals surface area contributed by atoms with Crippen LogP contribution in [0.15, 0.2) is 77.7 Å². The summed E-state index contributed by atoms with van der Waals surface area (Å²) in [5, 5.41) is 2.61. The van der Waals surface area contributed by atoms with Gasteiger partial charge in [-0.2, -0.15) is 0 Å². The van der Waals surface area contributed by atoms with E-state index in [1.165, 1.54) is 40.7 Å². The lowest BCUT2D eigenvalue weighted by Crippen LogP contribution is -2.30. The first-order chi connectivity index (χ1) is 16.8. The SMILES string of the molecule is CCN(c1ccccc1)S(=O)(=O)c1ccc(C(=O)OCC(=O)c2ccc3c(c2)NC(=O)CO3)cc1.